The molecular weight excluding hydrogens is 206 g/mol. The molecule has 1 fully saturated rings. The maximum absolute atomic E-state index is 4.16. The number of aromatic nitrogens is 1. The van der Waals surface area contributed by atoms with E-state index >= 15 is 0 Å². The Labute approximate surface area is 88.4 Å². The maximum Gasteiger partial charge on any atom is 0.182 e. The zero-order valence-electron chi connectivity index (χ0n) is 7.32. The van der Waals surface area contributed by atoms with Crippen molar-refractivity contribution in [3.05, 3.63) is 11.6 Å². The van der Waals surface area contributed by atoms with Gasteiger partial charge in [-0.25, -0.2) is 4.98 Å². The molecule has 0 radical (unpaired) electrons. The highest BCUT2D eigenvalue weighted by Gasteiger charge is 2.13. The normalized spacial score (nSPS) is 21.1. The van der Waals surface area contributed by atoms with E-state index in [1.165, 1.54) is 13.0 Å². The SMILES string of the molecule is Cl.c1csc(NCC2CCNC2)n1. The lowest BCUT2D eigenvalue weighted by atomic mass is 10.1. The van der Waals surface area contributed by atoms with Crippen molar-refractivity contribution in [3.8, 4) is 0 Å². The number of hydrogen-bond donors (Lipinski definition) is 2. The molecule has 0 bridgehead atoms. The van der Waals surface area contributed by atoms with E-state index in [9.17, 15) is 0 Å². The molecular formula is C8H14ClN3S. The van der Waals surface area contributed by atoms with E-state index in [1.54, 1.807) is 11.3 Å². The summed E-state index contributed by atoms with van der Waals surface area (Å²) in [6.07, 6.45) is 3.12. The van der Waals surface area contributed by atoms with E-state index < -0.39 is 0 Å². The van der Waals surface area contributed by atoms with E-state index in [2.05, 4.69) is 15.6 Å². The summed E-state index contributed by atoms with van der Waals surface area (Å²) in [5.74, 6) is 0.786. The van der Waals surface area contributed by atoms with E-state index in [0.29, 0.717) is 0 Å². The van der Waals surface area contributed by atoms with Crippen molar-refractivity contribution in [3.63, 3.8) is 0 Å². The number of thiazole rings is 1. The quantitative estimate of drug-likeness (QED) is 0.811. The number of halogens is 1. The summed E-state index contributed by atoms with van der Waals surface area (Å²) in [7, 11) is 0. The van der Waals surface area contributed by atoms with Gasteiger partial charge in [0.05, 0.1) is 0 Å². The summed E-state index contributed by atoms with van der Waals surface area (Å²) >= 11 is 1.66. The molecule has 1 aromatic rings. The minimum Gasteiger partial charge on any atom is -0.361 e. The lowest BCUT2D eigenvalue weighted by Gasteiger charge is -2.07. The van der Waals surface area contributed by atoms with Gasteiger partial charge in [0.2, 0.25) is 0 Å². The fraction of sp³-hybridized carbons (Fsp3) is 0.625. The van der Waals surface area contributed by atoms with Crippen LogP contribution in [-0.2, 0) is 0 Å². The first-order chi connectivity index (χ1) is 5.95. The van der Waals surface area contributed by atoms with Crippen LogP contribution in [0.5, 0.6) is 0 Å². The summed E-state index contributed by atoms with van der Waals surface area (Å²) < 4.78 is 0. The molecule has 2 N–H and O–H groups in total. The molecule has 0 spiro atoms. The number of hydrogen-bond acceptors (Lipinski definition) is 4. The largest absolute Gasteiger partial charge is 0.361 e. The Morgan fingerprint density at radius 2 is 2.62 bits per heavy atom. The second-order valence-electron chi connectivity index (χ2n) is 3.08. The van der Waals surface area contributed by atoms with Crippen LogP contribution in [0.2, 0.25) is 0 Å². The van der Waals surface area contributed by atoms with E-state index in [0.717, 1.165) is 24.1 Å². The molecule has 0 aliphatic carbocycles. The molecule has 2 heterocycles. The van der Waals surface area contributed by atoms with Crippen LogP contribution in [0, 0.1) is 5.92 Å². The van der Waals surface area contributed by atoms with Gasteiger partial charge in [0, 0.05) is 18.1 Å². The van der Waals surface area contributed by atoms with Crippen molar-refractivity contribution in [2.75, 3.05) is 25.0 Å². The van der Waals surface area contributed by atoms with Crippen LogP contribution in [0.15, 0.2) is 11.6 Å². The summed E-state index contributed by atoms with van der Waals surface area (Å²) in [6, 6.07) is 0. The van der Waals surface area contributed by atoms with Gasteiger partial charge in [0.25, 0.3) is 0 Å². The average Bonchev–Trinajstić information content (AvgIpc) is 2.74. The third-order valence-corrected chi connectivity index (χ3v) is 2.87. The van der Waals surface area contributed by atoms with Crippen LogP contribution in [0.4, 0.5) is 5.13 Å². The highest BCUT2D eigenvalue weighted by atomic mass is 35.5. The number of anilines is 1. The Balaban J connectivity index is 0.000000845. The molecule has 2 rings (SSSR count). The molecule has 1 atom stereocenters. The molecule has 0 amide bonds. The van der Waals surface area contributed by atoms with Gasteiger partial charge in [0.1, 0.15) is 0 Å². The third kappa shape index (κ3) is 3.14. The number of rotatable bonds is 3. The average molecular weight is 220 g/mol. The smallest absolute Gasteiger partial charge is 0.182 e. The van der Waals surface area contributed by atoms with Gasteiger partial charge in [0.15, 0.2) is 5.13 Å². The Kier molecular flexibility index (Phi) is 4.48. The molecule has 0 aromatic carbocycles. The number of nitrogens with one attached hydrogen (secondary N) is 2. The summed E-state index contributed by atoms with van der Waals surface area (Å²) in [6.45, 7) is 3.38. The second-order valence-corrected chi connectivity index (χ2v) is 3.97. The predicted octanol–water partition coefficient (Wildman–Crippen LogP) is 1.59. The van der Waals surface area contributed by atoms with Crippen molar-refractivity contribution in [2.45, 2.75) is 6.42 Å². The minimum atomic E-state index is 0. The summed E-state index contributed by atoms with van der Waals surface area (Å²) in [5, 5.41) is 9.72. The van der Waals surface area contributed by atoms with Crippen LogP contribution >= 0.6 is 23.7 Å². The van der Waals surface area contributed by atoms with Gasteiger partial charge >= 0.3 is 0 Å². The third-order valence-electron chi connectivity index (χ3n) is 2.14. The minimum absolute atomic E-state index is 0. The fourth-order valence-electron chi connectivity index (χ4n) is 1.43. The highest BCUT2D eigenvalue weighted by Crippen LogP contribution is 2.13. The molecule has 1 aromatic heterocycles. The van der Waals surface area contributed by atoms with Crippen molar-refractivity contribution >= 4 is 28.9 Å². The zero-order chi connectivity index (χ0) is 8.23. The molecule has 1 aliphatic rings. The highest BCUT2D eigenvalue weighted by molar-refractivity contribution is 7.13. The van der Waals surface area contributed by atoms with Crippen LogP contribution in [-0.4, -0.2) is 24.6 Å². The van der Waals surface area contributed by atoms with Crippen LogP contribution in [0.25, 0.3) is 0 Å². The van der Waals surface area contributed by atoms with Crippen molar-refractivity contribution in [1.82, 2.24) is 10.3 Å². The van der Waals surface area contributed by atoms with Gasteiger partial charge in [-0.3, -0.25) is 0 Å². The molecule has 3 nitrogen and oxygen atoms in total. The zero-order valence-corrected chi connectivity index (χ0v) is 8.96. The molecule has 5 heteroatoms. The lowest BCUT2D eigenvalue weighted by molar-refractivity contribution is 0.615. The lowest BCUT2D eigenvalue weighted by Crippen LogP contribution is -2.16. The molecule has 74 valence electrons. The van der Waals surface area contributed by atoms with Crippen LogP contribution in [0.1, 0.15) is 6.42 Å². The Morgan fingerprint density at radius 1 is 1.69 bits per heavy atom. The summed E-state index contributed by atoms with van der Waals surface area (Å²) in [5.41, 5.74) is 0. The summed E-state index contributed by atoms with van der Waals surface area (Å²) in [4.78, 5) is 4.16. The number of nitrogens with zero attached hydrogens (tertiary/aromatic N) is 1. The van der Waals surface area contributed by atoms with E-state index in [-0.39, 0.29) is 12.4 Å². The van der Waals surface area contributed by atoms with Gasteiger partial charge < -0.3 is 10.6 Å². The van der Waals surface area contributed by atoms with Gasteiger partial charge in [-0.05, 0) is 25.4 Å². The van der Waals surface area contributed by atoms with Gasteiger partial charge in [-0.15, -0.1) is 23.7 Å². The standard InChI is InChI=1S/C8H13N3S.ClH/c1-2-9-5-7(1)6-11-8-10-3-4-12-8;/h3-4,7,9H,1-2,5-6H2,(H,10,11);1H. The molecule has 1 aliphatic heterocycles. The Morgan fingerprint density at radius 3 is 3.23 bits per heavy atom. The van der Waals surface area contributed by atoms with Gasteiger partial charge in [-0.2, -0.15) is 0 Å². The Bertz CT molecular complexity index is 221. The fourth-order valence-corrected chi connectivity index (χ4v) is 1.97. The molecule has 1 saturated heterocycles. The monoisotopic (exact) mass is 219 g/mol. The van der Waals surface area contributed by atoms with Crippen molar-refractivity contribution in [1.29, 1.82) is 0 Å². The Hall–Kier alpha value is -0.320. The maximum atomic E-state index is 4.16. The first kappa shape index (κ1) is 10.8. The molecule has 1 unspecified atom stereocenters. The van der Waals surface area contributed by atoms with Crippen LogP contribution < -0.4 is 10.6 Å². The molecule has 13 heavy (non-hydrogen) atoms. The van der Waals surface area contributed by atoms with Crippen LogP contribution in [0.3, 0.4) is 0 Å². The molecule has 0 saturated carbocycles. The van der Waals surface area contributed by atoms with E-state index in [4.69, 9.17) is 0 Å². The topological polar surface area (TPSA) is 37.0 Å². The predicted molar refractivity (Wildman–Crippen MR) is 58.8 cm³/mol. The van der Waals surface area contributed by atoms with Gasteiger partial charge in [-0.1, -0.05) is 0 Å². The second kappa shape index (κ2) is 5.42. The van der Waals surface area contributed by atoms with Crippen molar-refractivity contribution in [2.24, 2.45) is 5.92 Å². The van der Waals surface area contributed by atoms with E-state index in [1.807, 2.05) is 11.6 Å². The van der Waals surface area contributed by atoms with Crippen molar-refractivity contribution < 1.29 is 0 Å². The first-order valence-corrected chi connectivity index (χ1v) is 5.17. The first-order valence-electron chi connectivity index (χ1n) is 4.29.